The standard InChI is InChI=1S/C10H7N2O2S2/c13-5-1-2-6-7(3-5)16-10(11-6)9-12-8(14)4-15-9/h1-3,8,13H,4H2/q-1. The maximum atomic E-state index is 11.1. The van der Waals surface area contributed by atoms with E-state index in [9.17, 15) is 10.2 Å². The lowest BCUT2D eigenvalue weighted by Crippen LogP contribution is -2.21. The predicted octanol–water partition coefficient (Wildman–Crippen LogP) is 1.18. The molecule has 1 aromatic carbocycles. The molecule has 0 bridgehead atoms. The Kier molecular flexibility index (Phi) is 2.34. The summed E-state index contributed by atoms with van der Waals surface area (Å²) in [5.74, 6) is 0.710. The molecule has 1 aliphatic heterocycles. The lowest BCUT2D eigenvalue weighted by Gasteiger charge is -2.05. The number of aromatic hydroxyl groups is 1. The van der Waals surface area contributed by atoms with Crippen LogP contribution in [-0.2, 0) is 0 Å². The summed E-state index contributed by atoms with van der Waals surface area (Å²) in [7, 11) is 0. The Morgan fingerprint density at radius 1 is 1.44 bits per heavy atom. The van der Waals surface area contributed by atoms with Gasteiger partial charge in [-0.1, -0.05) is 0 Å². The van der Waals surface area contributed by atoms with Crippen LogP contribution in [-0.4, -0.2) is 27.1 Å². The second-order valence-corrected chi connectivity index (χ2v) is 5.41. The zero-order chi connectivity index (χ0) is 11.1. The van der Waals surface area contributed by atoms with E-state index >= 15 is 0 Å². The third-order valence-electron chi connectivity index (χ3n) is 2.18. The molecule has 0 saturated heterocycles. The van der Waals surface area contributed by atoms with E-state index in [1.54, 1.807) is 18.2 Å². The van der Waals surface area contributed by atoms with E-state index in [4.69, 9.17) is 0 Å². The lowest BCUT2D eigenvalue weighted by atomic mass is 10.3. The number of benzene rings is 1. The molecule has 0 fully saturated rings. The number of thioether (sulfide) groups is 1. The highest BCUT2D eigenvalue weighted by atomic mass is 32.2. The number of hydrogen-bond acceptors (Lipinski definition) is 6. The zero-order valence-electron chi connectivity index (χ0n) is 8.08. The van der Waals surface area contributed by atoms with Crippen molar-refractivity contribution in [2.24, 2.45) is 4.99 Å². The Morgan fingerprint density at radius 3 is 3.06 bits per heavy atom. The van der Waals surface area contributed by atoms with Crippen LogP contribution in [0.5, 0.6) is 5.75 Å². The molecule has 0 amide bonds. The predicted molar refractivity (Wildman–Crippen MR) is 64.1 cm³/mol. The molecule has 2 aromatic rings. The molecule has 82 valence electrons. The number of aromatic nitrogens is 1. The molecule has 6 heteroatoms. The van der Waals surface area contributed by atoms with Gasteiger partial charge in [-0.25, -0.2) is 4.98 Å². The van der Waals surface area contributed by atoms with Crippen LogP contribution >= 0.6 is 23.1 Å². The van der Waals surface area contributed by atoms with Crippen LogP contribution in [0.2, 0.25) is 0 Å². The first-order valence-corrected chi connectivity index (χ1v) is 6.49. The van der Waals surface area contributed by atoms with Crippen molar-refractivity contribution < 1.29 is 10.2 Å². The maximum Gasteiger partial charge on any atom is 0.149 e. The molecule has 3 rings (SSSR count). The largest absolute Gasteiger partial charge is 0.834 e. The number of rotatable bonds is 1. The van der Waals surface area contributed by atoms with Crippen LogP contribution in [0.3, 0.4) is 0 Å². The van der Waals surface area contributed by atoms with Gasteiger partial charge >= 0.3 is 0 Å². The molecular formula is C10H7N2O2S2-. The molecule has 1 atom stereocenters. The quantitative estimate of drug-likeness (QED) is 0.826. The molecule has 0 aliphatic carbocycles. The minimum absolute atomic E-state index is 0.227. The van der Waals surface area contributed by atoms with E-state index in [-0.39, 0.29) is 5.75 Å². The summed E-state index contributed by atoms with van der Waals surface area (Å²) >= 11 is 2.90. The van der Waals surface area contributed by atoms with Crippen LogP contribution in [0.1, 0.15) is 5.01 Å². The molecule has 1 N–H and O–H groups in total. The van der Waals surface area contributed by atoms with Crippen molar-refractivity contribution in [3.63, 3.8) is 0 Å². The highest BCUT2D eigenvalue weighted by Crippen LogP contribution is 2.30. The Hall–Kier alpha value is -1.11. The van der Waals surface area contributed by atoms with Crippen LogP contribution in [0.15, 0.2) is 23.2 Å². The summed E-state index contributed by atoms with van der Waals surface area (Å²) < 4.78 is 0.910. The van der Waals surface area contributed by atoms with E-state index < -0.39 is 6.23 Å². The Bertz CT molecular complexity index is 579. The molecule has 0 saturated carbocycles. The van der Waals surface area contributed by atoms with Crippen molar-refractivity contribution in [3.8, 4) is 5.75 Å². The fourth-order valence-electron chi connectivity index (χ4n) is 1.48. The minimum Gasteiger partial charge on any atom is -0.834 e. The number of phenolic OH excluding ortho intramolecular Hbond substituents is 1. The van der Waals surface area contributed by atoms with Gasteiger partial charge < -0.3 is 10.2 Å². The van der Waals surface area contributed by atoms with E-state index in [0.29, 0.717) is 5.75 Å². The van der Waals surface area contributed by atoms with Crippen molar-refractivity contribution in [1.29, 1.82) is 0 Å². The van der Waals surface area contributed by atoms with Gasteiger partial charge in [-0.05, 0) is 24.4 Å². The van der Waals surface area contributed by atoms with E-state index in [2.05, 4.69) is 9.98 Å². The normalized spacial score (nSPS) is 20.3. The average molecular weight is 251 g/mol. The molecule has 0 radical (unpaired) electrons. The summed E-state index contributed by atoms with van der Waals surface area (Å²) in [5.41, 5.74) is 0.829. The van der Waals surface area contributed by atoms with Crippen molar-refractivity contribution in [3.05, 3.63) is 23.2 Å². The zero-order valence-corrected chi connectivity index (χ0v) is 9.72. The Labute approximate surface area is 99.7 Å². The van der Waals surface area contributed by atoms with E-state index in [0.717, 1.165) is 20.3 Å². The summed E-state index contributed by atoms with van der Waals surface area (Å²) in [4.78, 5) is 8.37. The van der Waals surface area contributed by atoms with Crippen LogP contribution in [0.4, 0.5) is 0 Å². The first kappa shape index (κ1) is 10.1. The molecule has 2 heterocycles. The highest BCUT2D eigenvalue weighted by Gasteiger charge is 2.16. The molecule has 1 unspecified atom stereocenters. The van der Waals surface area contributed by atoms with Crippen LogP contribution < -0.4 is 5.11 Å². The Morgan fingerprint density at radius 2 is 2.31 bits per heavy atom. The second kappa shape index (κ2) is 3.73. The van der Waals surface area contributed by atoms with Gasteiger partial charge in [-0.2, -0.15) is 0 Å². The fraction of sp³-hybridized carbons (Fsp3) is 0.200. The maximum absolute atomic E-state index is 11.1. The third-order valence-corrected chi connectivity index (χ3v) is 4.36. The van der Waals surface area contributed by atoms with Crippen LogP contribution in [0, 0.1) is 0 Å². The Balaban J connectivity index is 2.09. The van der Waals surface area contributed by atoms with Crippen molar-refractivity contribution in [1.82, 2.24) is 4.98 Å². The summed E-state index contributed by atoms with van der Waals surface area (Å²) in [6.07, 6.45) is -0.861. The van der Waals surface area contributed by atoms with Gasteiger partial charge in [0.25, 0.3) is 0 Å². The highest BCUT2D eigenvalue weighted by molar-refractivity contribution is 8.15. The molecule has 1 aromatic heterocycles. The van der Waals surface area contributed by atoms with Crippen LogP contribution in [0.25, 0.3) is 10.2 Å². The van der Waals surface area contributed by atoms with Gasteiger partial charge in [-0.15, -0.1) is 23.1 Å². The number of fused-ring (bicyclic) bond motifs is 1. The van der Waals surface area contributed by atoms with Gasteiger partial charge in [0, 0.05) is 5.75 Å². The summed E-state index contributed by atoms with van der Waals surface area (Å²) in [6, 6.07) is 5.04. The minimum atomic E-state index is -0.861. The number of phenols is 1. The summed E-state index contributed by atoms with van der Waals surface area (Å²) in [6.45, 7) is 0. The van der Waals surface area contributed by atoms with Crippen molar-refractivity contribution >= 4 is 38.4 Å². The molecule has 16 heavy (non-hydrogen) atoms. The van der Waals surface area contributed by atoms with Gasteiger partial charge in [0.1, 0.15) is 15.8 Å². The first-order valence-electron chi connectivity index (χ1n) is 4.69. The van der Waals surface area contributed by atoms with Crippen molar-refractivity contribution in [2.75, 3.05) is 5.75 Å². The van der Waals surface area contributed by atoms with E-state index in [1.807, 2.05) is 0 Å². The first-order chi connectivity index (χ1) is 7.72. The SMILES string of the molecule is [O-]C1CSC(c2nc3ccc(O)cc3s2)=N1. The molecule has 4 nitrogen and oxygen atoms in total. The molecule has 0 spiro atoms. The van der Waals surface area contributed by atoms with Crippen molar-refractivity contribution in [2.45, 2.75) is 6.23 Å². The number of hydrogen-bond donors (Lipinski definition) is 1. The van der Waals surface area contributed by atoms with Gasteiger partial charge in [-0.3, -0.25) is 4.99 Å². The lowest BCUT2D eigenvalue weighted by molar-refractivity contribution is -0.408. The topological polar surface area (TPSA) is 68.5 Å². The van der Waals surface area contributed by atoms with Gasteiger partial charge in [0.2, 0.25) is 0 Å². The number of aliphatic imine (C=N–C) groups is 1. The fourth-order valence-corrected chi connectivity index (χ4v) is 3.41. The second-order valence-electron chi connectivity index (χ2n) is 3.37. The van der Waals surface area contributed by atoms with Gasteiger partial charge in [0.05, 0.1) is 10.2 Å². The molecule has 1 aliphatic rings. The van der Waals surface area contributed by atoms with E-state index in [1.165, 1.54) is 23.1 Å². The smallest absolute Gasteiger partial charge is 0.149 e. The summed E-state index contributed by atoms with van der Waals surface area (Å²) in [5, 5.41) is 21.9. The molecular weight excluding hydrogens is 244 g/mol. The number of thiazole rings is 1. The number of nitrogens with zero attached hydrogens (tertiary/aromatic N) is 2. The van der Waals surface area contributed by atoms with Gasteiger partial charge in [0.15, 0.2) is 0 Å². The monoisotopic (exact) mass is 251 g/mol. The third kappa shape index (κ3) is 1.68. The average Bonchev–Trinajstić information content (AvgIpc) is 2.83.